The number of carboxylic acid groups (broad SMARTS) is 1. The summed E-state index contributed by atoms with van der Waals surface area (Å²) in [6.07, 6.45) is 6.02. The zero-order chi connectivity index (χ0) is 15.0. The van der Waals surface area contributed by atoms with Gasteiger partial charge in [-0.25, -0.2) is 0 Å². The van der Waals surface area contributed by atoms with E-state index in [0.29, 0.717) is 0 Å². The molecule has 2 fully saturated rings. The van der Waals surface area contributed by atoms with Crippen molar-refractivity contribution in [2.45, 2.75) is 19.8 Å². The molecule has 1 saturated carbocycles. The Morgan fingerprint density at radius 3 is 2.29 bits per heavy atom. The Morgan fingerprint density at radius 2 is 1.71 bits per heavy atom. The fourth-order valence-electron chi connectivity index (χ4n) is 4.21. The molecule has 1 amide bonds. The quantitative estimate of drug-likeness (QED) is 0.787. The SMILES string of the molecule is CCCN1CCN(C(=O)[C@H]2C3C=CC(C3)[C@H]2C(=O)O)CC1. The van der Waals surface area contributed by atoms with Crippen LogP contribution < -0.4 is 0 Å². The minimum atomic E-state index is -0.810. The first-order valence-corrected chi connectivity index (χ1v) is 8.04. The van der Waals surface area contributed by atoms with Crippen LogP contribution in [0.1, 0.15) is 19.8 Å². The maximum atomic E-state index is 12.8. The highest BCUT2D eigenvalue weighted by Crippen LogP contribution is 2.48. The van der Waals surface area contributed by atoms with Gasteiger partial charge in [-0.05, 0) is 31.2 Å². The van der Waals surface area contributed by atoms with Gasteiger partial charge in [0.1, 0.15) is 0 Å². The highest BCUT2D eigenvalue weighted by molar-refractivity contribution is 5.87. The van der Waals surface area contributed by atoms with Crippen LogP contribution in [0, 0.1) is 23.7 Å². The van der Waals surface area contributed by atoms with Crippen molar-refractivity contribution in [3.05, 3.63) is 12.2 Å². The summed E-state index contributed by atoms with van der Waals surface area (Å²) in [6.45, 7) is 6.54. The van der Waals surface area contributed by atoms with Crippen LogP contribution in [0.25, 0.3) is 0 Å². The van der Waals surface area contributed by atoms with E-state index >= 15 is 0 Å². The number of piperazine rings is 1. The molecular weight excluding hydrogens is 268 g/mol. The third-order valence-electron chi connectivity index (χ3n) is 5.25. The van der Waals surface area contributed by atoms with Crippen LogP contribution in [0.2, 0.25) is 0 Å². The lowest BCUT2D eigenvalue weighted by molar-refractivity contribution is -0.151. The number of nitrogens with zero attached hydrogens (tertiary/aromatic N) is 2. The summed E-state index contributed by atoms with van der Waals surface area (Å²) < 4.78 is 0. The van der Waals surface area contributed by atoms with Crippen molar-refractivity contribution in [3.8, 4) is 0 Å². The molecule has 5 nitrogen and oxygen atoms in total. The van der Waals surface area contributed by atoms with Crippen molar-refractivity contribution in [2.24, 2.45) is 23.7 Å². The molecule has 0 aromatic heterocycles. The zero-order valence-electron chi connectivity index (χ0n) is 12.6. The van der Waals surface area contributed by atoms with Gasteiger partial charge in [-0.3, -0.25) is 14.5 Å². The Bertz CT molecular complexity index is 454. The number of fused-ring (bicyclic) bond motifs is 2. The largest absolute Gasteiger partial charge is 0.481 e. The third kappa shape index (κ3) is 2.59. The average Bonchev–Trinajstić information content (AvgIpc) is 3.08. The van der Waals surface area contributed by atoms with Gasteiger partial charge in [0.05, 0.1) is 11.8 Å². The van der Waals surface area contributed by atoms with E-state index in [1.807, 2.05) is 11.0 Å². The summed E-state index contributed by atoms with van der Waals surface area (Å²) >= 11 is 0. The van der Waals surface area contributed by atoms with Crippen molar-refractivity contribution in [2.75, 3.05) is 32.7 Å². The number of amides is 1. The molecule has 0 radical (unpaired) electrons. The Morgan fingerprint density at radius 1 is 1.10 bits per heavy atom. The number of carboxylic acids is 1. The summed E-state index contributed by atoms with van der Waals surface area (Å²) in [4.78, 5) is 28.6. The second-order valence-corrected chi connectivity index (χ2v) is 6.51. The molecule has 0 aromatic carbocycles. The van der Waals surface area contributed by atoms with Crippen LogP contribution in [-0.4, -0.2) is 59.5 Å². The second-order valence-electron chi connectivity index (χ2n) is 6.51. The number of hydrogen-bond acceptors (Lipinski definition) is 3. The van der Waals surface area contributed by atoms with E-state index in [1.165, 1.54) is 0 Å². The number of rotatable bonds is 4. The Kier molecular flexibility index (Phi) is 4.02. The number of hydrogen-bond donors (Lipinski definition) is 1. The monoisotopic (exact) mass is 292 g/mol. The van der Waals surface area contributed by atoms with E-state index in [0.717, 1.165) is 45.6 Å². The molecule has 4 atom stereocenters. The average molecular weight is 292 g/mol. The Labute approximate surface area is 125 Å². The summed E-state index contributed by atoms with van der Waals surface area (Å²) in [6, 6.07) is 0. The molecule has 1 aliphatic heterocycles. The summed E-state index contributed by atoms with van der Waals surface area (Å²) in [5.41, 5.74) is 0. The van der Waals surface area contributed by atoms with Gasteiger partial charge in [-0.15, -0.1) is 0 Å². The molecule has 116 valence electrons. The van der Waals surface area contributed by atoms with Crippen molar-refractivity contribution < 1.29 is 14.7 Å². The first kappa shape index (κ1) is 14.6. The molecule has 0 spiro atoms. The van der Waals surface area contributed by atoms with Crippen molar-refractivity contribution in [1.82, 2.24) is 9.80 Å². The Balaban J connectivity index is 1.66. The van der Waals surface area contributed by atoms with Crippen molar-refractivity contribution in [3.63, 3.8) is 0 Å². The predicted molar refractivity (Wildman–Crippen MR) is 78.7 cm³/mol. The number of carbonyl (C=O) groups is 2. The molecule has 3 aliphatic rings. The minimum Gasteiger partial charge on any atom is -0.481 e. The predicted octanol–water partition coefficient (Wildman–Crippen LogP) is 1.06. The first-order chi connectivity index (χ1) is 10.1. The highest BCUT2D eigenvalue weighted by atomic mass is 16.4. The fourth-order valence-corrected chi connectivity index (χ4v) is 4.21. The Hall–Kier alpha value is -1.36. The third-order valence-corrected chi connectivity index (χ3v) is 5.25. The molecule has 1 saturated heterocycles. The van der Waals surface area contributed by atoms with E-state index < -0.39 is 11.9 Å². The van der Waals surface area contributed by atoms with Crippen molar-refractivity contribution in [1.29, 1.82) is 0 Å². The van der Waals surface area contributed by atoms with Crippen molar-refractivity contribution >= 4 is 11.9 Å². The summed E-state index contributed by atoms with van der Waals surface area (Å²) in [5.74, 6) is -1.40. The molecule has 3 rings (SSSR count). The van der Waals surface area contributed by atoms with Gasteiger partial charge in [0.15, 0.2) is 0 Å². The van der Waals surface area contributed by atoms with Gasteiger partial charge in [-0.2, -0.15) is 0 Å². The van der Waals surface area contributed by atoms with E-state index in [-0.39, 0.29) is 23.7 Å². The van der Waals surface area contributed by atoms with Gasteiger partial charge in [-0.1, -0.05) is 19.1 Å². The lowest BCUT2D eigenvalue weighted by Crippen LogP contribution is -2.52. The number of aliphatic carboxylic acids is 1. The van der Waals surface area contributed by atoms with E-state index in [1.54, 1.807) is 0 Å². The second kappa shape index (κ2) is 5.79. The molecule has 21 heavy (non-hydrogen) atoms. The number of allylic oxidation sites excluding steroid dienone is 2. The van der Waals surface area contributed by atoms with Gasteiger partial charge >= 0.3 is 5.97 Å². The fraction of sp³-hybridized carbons (Fsp3) is 0.750. The first-order valence-electron chi connectivity index (χ1n) is 8.04. The van der Waals surface area contributed by atoms with Crippen LogP contribution in [-0.2, 0) is 9.59 Å². The molecule has 2 bridgehead atoms. The molecule has 0 aromatic rings. The molecule has 1 N–H and O–H groups in total. The van der Waals surface area contributed by atoms with E-state index in [2.05, 4.69) is 17.9 Å². The number of carbonyl (C=O) groups excluding carboxylic acids is 1. The normalized spacial score (nSPS) is 35.4. The topological polar surface area (TPSA) is 60.9 Å². The van der Waals surface area contributed by atoms with Crippen LogP contribution in [0.4, 0.5) is 0 Å². The molecule has 2 unspecified atom stereocenters. The highest BCUT2D eigenvalue weighted by Gasteiger charge is 2.52. The summed E-state index contributed by atoms with van der Waals surface area (Å²) in [7, 11) is 0. The van der Waals surface area contributed by atoms with Crippen LogP contribution in [0.15, 0.2) is 12.2 Å². The van der Waals surface area contributed by atoms with E-state index in [9.17, 15) is 14.7 Å². The maximum Gasteiger partial charge on any atom is 0.307 e. The lowest BCUT2D eigenvalue weighted by atomic mass is 9.82. The lowest BCUT2D eigenvalue weighted by Gasteiger charge is -2.37. The standard InChI is InChI=1S/C16H24N2O3/c1-2-5-17-6-8-18(9-7-17)15(19)13-11-3-4-12(10-11)14(13)16(20)21/h3-4,11-14H,2,5-10H2,1H3,(H,20,21)/t11?,12?,13-,14+/m0/s1. The van der Waals surface area contributed by atoms with E-state index in [4.69, 9.17) is 0 Å². The molecule has 1 heterocycles. The molecule has 5 heteroatoms. The summed E-state index contributed by atoms with van der Waals surface area (Å²) in [5, 5.41) is 9.45. The van der Waals surface area contributed by atoms with Gasteiger partial charge in [0, 0.05) is 26.2 Å². The van der Waals surface area contributed by atoms with Crippen LogP contribution in [0.3, 0.4) is 0 Å². The molecular formula is C16H24N2O3. The van der Waals surface area contributed by atoms with Crippen LogP contribution in [0.5, 0.6) is 0 Å². The zero-order valence-corrected chi connectivity index (χ0v) is 12.6. The van der Waals surface area contributed by atoms with Gasteiger partial charge in [0.25, 0.3) is 0 Å². The van der Waals surface area contributed by atoms with Crippen LogP contribution >= 0.6 is 0 Å². The minimum absolute atomic E-state index is 0.0582. The molecule has 2 aliphatic carbocycles. The smallest absolute Gasteiger partial charge is 0.307 e. The maximum absolute atomic E-state index is 12.8. The van der Waals surface area contributed by atoms with Gasteiger partial charge < -0.3 is 10.0 Å². The van der Waals surface area contributed by atoms with Gasteiger partial charge in [0.2, 0.25) is 5.91 Å².